The molecular formula is C11H17ClN4O3. The number of nitrogens with zero attached hydrogens (tertiary/aromatic N) is 3. The number of carbonyl (C=O) groups excluding carboxylic acids is 1. The molecule has 1 amide bonds. The van der Waals surface area contributed by atoms with E-state index in [1.807, 2.05) is 0 Å². The SMILES string of the molecule is CO[C@@H]1COC[C@H]1n1cc(CNC(=O)C(C)Cl)nn1. The summed E-state index contributed by atoms with van der Waals surface area (Å²) in [6, 6.07) is 0.0221. The van der Waals surface area contributed by atoms with Crippen molar-refractivity contribution in [2.45, 2.75) is 31.0 Å². The van der Waals surface area contributed by atoms with Crippen molar-refractivity contribution in [1.29, 1.82) is 0 Å². The Balaban J connectivity index is 1.93. The van der Waals surface area contributed by atoms with Crippen molar-refractivity contribution in [3.05, 3.63) is 11.9 Å². The van der Waals surface area contributed by atoms with Gasteiger partial charge in [0.2, 0.25) is 5.91 Å². The van der Waals surface area contributed by atoms with Crippen molar-refractivity contribution in [2.24, 2.45) is 0 Å². The van der Waals surface area contributed by atoms with Crippen LogP contribution in [-0.4, -0.2) is 52.7 Å². The monoisotopic (exact) mass is 288 g/mol. The molecule has 0 aliphatic carbocycles. The first-order valence-electron chi connectivity index (χ1n) is 6.05. The lowest BCUT2D eigenvalue weighted by molar-refractivity contribution is -0.120. The highest BCUT2D eigenvalue weighted by molar-refractivity contribution is 6.30. The van der Waals surface area contributed by atoms with Crippen molar-refractivity contribution < 1.29 is 14.3 Å². The third-order valence-corrected chi connectivity index (χ3v) is 3.20. The molecule has 1 aliphatic rings. The first-order chi connectivity index (χ1) is 9.11. The van der Waals surface area contributed by atoms with Crippen LogP contribution < -0.4 is 5.32 Å². The van der Waals surface area contributed by atoms with E-state index in [4.69, 9.17) is 21.1 Å². The molecule has 2 rings (SSSR count). The summed E-state index contributed by atoms with van der Waals surface area (Å²) in [5.74, 6) is -0.227. The molecule has 1 unspecified atom stereocenters. The quantitative estimate of drug-likeness (QED) is 0.778. The van der Waals surface area contributed by atoms with Gasteiger partial charge in [-0.05, 0) is 6.92 Å². The number of methoxy groups -OCH3 is 1. The van der Waals surface area contributed by atoms with E-state index >= 15 is 0 Å². The van der Waals surface area contributed by atoms with Crippen LogP contribution in [0.3, 0.4) is 0 Å². The van der Waals surface area contributed by atoms with Crippen LogP contribution in [0.15, 0.2) is 6.20 Å². The molecule has 106 valence electrons. The normalized spacial score (nSPS) is 24.4. The minimum Gasteiger partial charge on any atom is -0.377 e. The van der Waals surface area contributed by atoms with Crippen molar-refractivity contribution in [1.82, 2.24) is 20.3 Å². The minimum atomic E-state index is -0.559. The predicted molar refractivity (Wildman–Crippen MR) is 67.8 cm³/mol. The number of ether oxygens (including phenoxy) is 2. The molecule has 3 atom stereocenters. The molecule has 0 saturated carbocycles. The summed E-state index contributed by atoms with van der Waals surface area (Å²) in [5.41, 5.74) is 0.674. The van der Waals surface area contributed by atoms with Crippen molar-refractivity contribution in [3.63, 3.8) is 0 Å². The number of halogens is 1. The van der Waals surface area contributed by atoms with E-state index in [2.05, 4.69) is 15.6 Å². The van der Waals surface area contributed by atoms with E-state index in [1.165, 1.54) is 0 Å². The third kappa shape index (κ3) is 3.43. The number of alkyl halides is 1. The van der Waals surface area contributed by atoms with Gasteiger partial charge in [0.25, 0.3) is 0 Å². The van der Waals surface area contributed by atoms with Crippen LogP contribution in [0.4, 0.5) is 0 Å². The summed E-state index contributed by atoms with van der Waals surface area (Å²) in [6.07, 6.45) is 1.76. The van der Waals surface area contributed by atoms with Gasteiger partial charge >= 0.3 is 0 Å². The number of carbonyl (C=O) groups is 1. The Hall–Kier alpha value is -1.18. The minimum absolute atomic E-state index is 0.0213. The highest BCUT2D eigenvalue weighted by atomic mass is 35.5. The second-order valence-electron chi connectivity index (χ2n) is 4.40. The summed E-state index contributed by atoms with van der Waals surface area (Å²) in [4.78, 5) is 11.3. The fourth-order valence-electron chi connectivity index (χ4n) is 1.87. The highest BCUT2D eigenvalue weighted by Gasteiger charge is 2.30. The average Bonchev–Trinajstić information content (AvgIpc) is 3.03. The Labute approximate surface area is 116 Å². The van der Waals surface area contributed by atoms with Gasteiger partial charge in [-0.25, -0.2) is 4.68 Å². The fraction of sp³-hybridized carbons (Fsp3) is 0.727. The molecule has 0 aromatic carbocycles. The van der Waals surface area contributed by atoms with Gasteiger partial charge in [-0.2, -0.15) is 0 Å². The first-order valence-corrected chi connectivity index (χ1v) is 6.48. The molecule has 1 fully saturated rings. The lowest BCUT2D eigenvalue weighted by atomic mass is 10.2. The zero-order valence-electron chi connectivity index (χ0n) is 10.9. The Morgan fingerprint density at radius 1 is 1.74 bits per heavy atom. The van der Waals surface area contributed by atoms with E-state index in [1.54, 1.807) is 24.9 Å². The van der Waals surface area contributed by atoms with Gasteiger partial charge in [-0.3, -0.25) is 4.79 Å². The maximum absolute atomic E-state index is 11.3. The number of rotatable bonds is 5. The van der Waals surface area contributed by atoms with Crippen molar-refractivity contribution in [3.8, 4) is 0 Å². The molecule has 1 aliphatic heterocycles. The van der Waals surface area contributed by atoms with Crippen LogP contribution in [0, 0.1) is 0 Å². The van der Waals surface area contributed by atoms with E-state index in [0.29, 0.717) is 25.5 Å². The third-order valence-electron chi connectivity index (χ3n) is 3.01. The molecule has 1 aromatic heterocycles. The summed E-state index contributed by atoms with van der Waals surface area (Å²) in [6.45, 7) is 3.02. The molecule has 1 N–H and O–H groups in total. The summed E-state index contributed by atoms with van der Waals surface area (Å²) >= 11 is 5.65. The molecule has 1 aromatic rings. The second kappa shape index (κ2) is 6.31. The average molecular weight is 289 g/mol. The van der Waals surface area contributed by atoms with Crippen LogP contribution in [0.25, 0.3) is 0 Å². The maximum Gasteiger partial charge on any atom is 0.238 e. The van der Waals surface area contributed by atoms with E-state index < -0.39 is 5.38 Å². The van der Waals surface area contributed by atoms with Crippen LogP contribution in [-0.2, 0) is 20.8 Å². The lowest BCUT2D eigenvalue weighted by Crippen LogP contribution is -2.29. The molecule has 2 heterocycles. The van der Waals surface area contributed by atoms with Crippen LogP contribution in [0.2, 0.25) is 0 Å². The Bertz CT molecular complexity index is 437. The molecule has 0 spiro atoms. The topological polar surface area (TPSA) is 78.3 Å². The van der Waals surface area contributed by atoms with Crippen molar-refractivity contribution >= 4 is 17.5 Å². The zero-order chi connectivity index (χ0) is 13.8. The van der Waals surface area contributed by atoms with Gasteiger partial charge < -0.3 is 14.8 Å². The van der Waals surface area contributed by atoms with Gasteiger partial charge in [0.15, 0.2) is 0 Å². The summed E-state index contributed by atoms with van der Waals surface area (Å²) < 4.78 is 12.4. The highest BCUT2D eigenvalue weighted by Crippen LogP contribution is 2.20. The van der Waals surface area contributed by atoms with Gasteiger partial charge in [0.05, 0.1) is 26.0 Å². The Morgan fingerprint density at radius 2 is 2.53 bits per heavy atom. The van der Waals surface area contributed by atoms with Crippen LogP contribution in [0.5, 0.6) is 0 Å². The van der Waals surface area contributed by atoms with Crippen LogP contribution in [0.1, 0.15) is 18.7 Å². The van der Waals surface area contributed by atoms with Gasteiger partial charge in [-0.1, -0.05) is 5.21 Å². The molecule has 8 heteroatoms. The first kappa shape index (κ1) is 14.2. The molecule has 0 radical (unpaired) electrons. The number of aromatic nitrogens is 3. The standard InChI is InChI=1S/C11H17ClN4O3/c1-7(12)11(17)13-3-8-4-16(15-14-8)9-5-19-6-10(9)18-2/h4,7,9-10H,3,5-6H2,1-2H3,(H,13,17)/t7?,9-,10-/m1/s1. The van der Waals surface area contributed by atoms with Crippen molar-refractivity contribution in [2.75, 3.05) is 20.3 Å². The van der Waals surface area contributed by atoms with Gasteiger partial charge in [-0.15, -0.1) is 16.7 Å². The number of hydrogen-bond acceptors (Lipinski definition) is 5. The van der Waals surface area contributed by atoms with E-state index in [9.17, 15) is 4.79 Å². The molecule has 19 heavy (non-hydrogen) atoms. The fourth-order valence-corrected chi connectivity index (χ4v) is 1.95. The van der Waals surface area contributed by atoms with Gasteiger partial charge in [0, 0.05) is 7.11 Å². The van der Waals surface area contributed by atoms with Gasteiger partial charge in [0.1, 0.15) is 23.2 Å². The molecule has 7 nitrogen and oxygen atoms in total. The lowest BCUT2D eigenvalue weighted by Gasteiger charge is -2.15. The summed E-state index contributed by atoms with van der Waals surface area (Å²) in [5, 5.41) is 10.2. The smallest absolute Gasteiger partial charge is 0.238 e. The number of hydrogen-bond donors (Lipinski definition) is 1. The number of amides is 1. The summed E-state index contributed by atoms with van der Waals surface area (Å²) in [7, 11) is 1.65. The number of nitrogens with one attached hydrogen (secondary N) is 1. The predicted octanol–water partition coefficient (Wildman–Crippen LogP) is 0.108. The maximum atomic E-state index is 11.3. The second-order valence-corrected chi connectivity index (χ2v) is 5.06. The Kier molecular flexibility index (Phi) is 4.73. The Morgan fingerprint density at radius 3 is 3.21 bits per heavy atom. The molecule has 0 bridgehead atoms. The molecular weight excluding hydrogens is 272 g/mol. The van der Waals surface area contributed by atoms with Crippen LogP contribution >= 0.6 is 11.6 Å². The zero-order valence-corrected chi connectivity index (χ0v) is 11.6. The van der Waals surface area contributed by atoms with E-state index in [-0.39, 0.29) is 18.1 Å². The molecule has 1 saturated heterocycles. The largest absolute Gasteiger partial charge is 0.377 e. The van der Waals surface area contributed by atoms with E-state index in [0.717, 1.165) is 0 Å².